The number of primary amides is 1. The number of nitrogens with two attached hydrogens (primary N) is 1. The number of carbonyl (C=O) groups is 1. The molecule has 2 aliphatic heterocycles. The quantitative estimate of drug-likeness (QED) is 0.686. The van der Waals surface area contributed by atoms with Gasteiger partial charge in [-0.1, -0.05) is 0 Å². The molecule has 4 atom stereocenters. The lowest BCUT2D eigenvalue weighted by Crippen LogP contribution is -2.38. The predicted molar refractivity (Wildman–Crippen MR) is 86.3 cm³/mol. The van der Waals surface area contributed by atoms with Crippen molar-refractivity contribution in [3.05, 3.63) is 33.9 Å². The molecule has 122 valence electrons. The Morgan fingerprint density at radius 2 is 1.78 bits per heavy atom. The van der Waals surface area contributed by atoms with Crippen LogP contribution in [-0.4, -0.2) is 23.4 Å². The number of rotatable bonds is 3. The fourth-order valence-corrected chi connectivity index (χ4v) is 5.15. The molecule has 2 saturated heterocycles. The molecule has 0 aromatic heterocycles. The largest absolute Gasteiger partial charge is 0.366 e. The van der Waals surface area contributed by atoms with Crippen LogP contribution < -0.4 is 10.6 Å². The summed E-state index contributed by atoms with van der Waals surface area (Å²) in [5, 5.41) is 11.5. The van der Waals surface area contributed by atoms with E-state index in [0.717, 1.165) is 31.2 Å². The van der Waals surface area contributed by atoms with Gasteiger partial charge >= 0.3 is 0 Å². The van der Waals surface area contributed by atoms with E-state index in [-0.39, 0.29) is 11.3 Å². The van der Waals surface area contributed by atoms with Crippen LogP contribution in [0.25, 0.3) is 0 Å². The molecule has 4 aliphatic rings. The standard InChI is InChI=1S/C17H21N3O3/c18-17(21)13-1-2-15(16(8-13)20(22)23)19-9-12-4-10-3-11(5-12)7-14(19)6-10/h1-2,8,10-12,14H,3-7,9H2,(H2,18,21)/t10-,11+,12?,14?. The highest BCUT2D eigenvalue weighted by molar-refractivity contribution is 5.94. The molecule has 4 bridgehead atoms. The Morgan fingerprint density at radius 1 is 1.13 bits per heavy atom. The molecule has 4 fully saturated rings. The minimum absolute atomic E-state index is 0.00234. The average Bonchev–Trinajstić information content (AvgIpc) is 2.70. The molecule has 5 rings (SSSR count). The van der Waals surface area contributed by atoms with Crippen LogP contribution in [0.3, 0.4) is 0 Å². The number of nitrogens with zero attached hydrogens (tertiary/aromatic N) is 2. The summed E-state index contributed by atoms with van der Waals surface area (Å²) in [4.78, 5) is 24.7. The first kappa shape index (κ1) is 14.5. The molecule has 2 saturated carbocycles. The van der Waals surface area contributed by atoms with Gasteiger partial charge in [-0.05, 0) is 62.0 Å². The van der Waals surface area contributed by atoms with Gasteiger partial charge in [0.1, 0.15) is 5.69 Å². The Hall–Kier alpha value is -2.11. The Bertz CT molecular complexity index is 661. The molecule has 1 aromatic rings. The summed E-state index contributed by atoms with van der Waals surface area (Å²) < 4.78 is 0. The Balaban J connectivity index is 1.75. The van der Waals surface area contributed by atoms with Crippen LogP contribution in [0.5, 0.6) is 0 Å². The van der Waals surface area contributed by atoms with Gasteiger partial charge in [0.2, 0.25) is 5.91 Å². The van der Waals surface area contributed by atoms with Crippen molar-refractivity contribution in [2.75, 3.05) is 11.4 Å². The third-order valence-electron chi connectivity index (χ3n) is 5.87. The zero-order valence-corrected chi connectivity index (χ0v) is 13.0. The number of fused-ring (bicyclic) bond motifs is 1. The van der Waals surface area contributed by atoms with Gasteiger partial charge in [0.25, 0.3) is 5.69 Å². The minimum Gasteiger partial charge on any atom is -0.366 e. The van der Waals surface area contributed by atoms with Crippen LogP contribution in [-0.2, 0) is 0 Å². The number of nitro benzene ring substituents is 1. The maximum atomic E-state index is 11.5. The molecular formula is C17H21N3O3. The number of carbonyl (C=O) groups excluding carboxylic acids is 1. The van der Waals surface area contributed by atoms with Crippen LogP contribution in [0.2, 0.25) is 0 Å². The van der Waals surface area contributed by atoms with Crippen LogP contribution in [0, 0.1) is 27.9 Å². The van der Waals surface area contributed by atoms with Gasteiger partial charge in [-0.25, -0.2) is 0 Å². The van der Waals surface area contributed by atoms with Crippen molar-refractivity contribution < 1.29 is 9.72 Å². The van der Waals surface area contributed by atoms with E-state index in [0.29, 0.717) is 17.6 Å². The van der Waals surface area contributed by atoms with E-state index < -0.39 is 10.8 Å². The zero-order chi connectivity index (χ0) is 16.1. The number of hydrogen-bond acceptors (Lipinski definition) is 4. The fourth-order valence-electron chi connectivity index (χ4n) is 5.15. The smallest absolute Gasteiger partial charge is 0.293 e. The minimum atomic E-state index is -0.629. The monoisotopic (exact) mass is 315 g/mol. The third kappa shape index (κ3) is 2.46. The average molecular weight is 315 g/mol. The highest BCUT2D eigenvalue weighted by atomic mass is 16.6. The first-order valence-corrected chi connectivity index (χ1v) is 8.36. The van der Waals surface area contributed by atoms with E-state index >= 15 is 0 Å². The Labute approximate surface area is 134 Å². The zero-order valence-electron chi connectivity index (χ0n) is 13.0. The van der Waals surface area contributed by atoms with Crippen LogP contribution in [0.4, 0.5) is 11.4 Å². The summed E-state index contributed by atoms with van der Waals surface area (Å²) >= 11 is 0. The van der Waals surface area contributed by atoms with Gasteiger partial charge in [0.15, 0.2) is 0 Å². The van der Waals surface area contributed by atoms with Crippen molar-refractivity contribution in [2.24, 2.45) is 23.5 Å². The third-order valence-corrected chi connectivity index (χ3v) is 5.87. The van der Waals surface area contributed by atoms with Crippen molar-refractivity contribution in [2.45, 2.75) is 38.1 Å². The second kappa shape index (κ2) is 5.22. The topological polar surface area (TPSA) is 89.5 Å². The lowest BCUT2D eigenvalue weighted by molar-refractivity contribution is -0.384. The summed E-state index contributed by atoms with van der Waals surface area (Å²) in [5.41, 5.74) is 6.12. The maximum absolute atomic E-state index is 11.5. The van der Waals surface area contributed by atoms with Crippen LogP contribution in [0.1, 0.15) is 42.5 Å². The van der Waals surface area contributed by atoms with Gasteiger partial charge in [-0.3, -0.25) is 14.9 Å². The van der Waals surface area contributed by atoms with Gasteiger partial charge in [0, 0.05) is 24.2 Å². The second-order valence-electron chi connectivity index (χ2n) is 7.41. The van der Waals surface area contributed by atoms with Gasteiger partial charge < -0.3 is 10.6 Å². The normalized spacial score (nSPS) is 31.9. The summed E-state index contributed by atoms with van der Waals surface area (Å²) in [7, 11) is 0. The summed E-state index contributed by atoms with van der Waals surface area (Å²) in [6.45, 7) is 0.897. The van der Waals surface area contributed by atoms with E-state index in [1.165, 1.54) is 25.3 Å². The molecule has 1 amide bonds. The van der Waals surface area contributed by atoms with Crippen LogP contribution >= 0.6 is 0 Å². The molecule has 6 nitrogen and oxygen atoms in total. The summed E-state index contributed by atoms with van der Waals surface area (Å²) in [6, 6.07) is 5.04. The number of amides is 1. The first-order chi connectivity index (χ1) is 11.0. The van der Waals surface area contributed by atoms with Gasteiger partial charge in [-0.15, -0.1) is 0 Å². The Morgan fingerprint density at radius 3 is 2.39 bits per heavy atom. The lowest BCUT2D eigenvalue weighted by atomic mass is 9.68. The summed E-state index contributed by atoms with van der Waals surface area (Å²) in [5.74, 6) is 1.58. The molecule has 6 heteroatoms. The summed E-state index contributed by atoms with van der Waals surface area (Å²) in [6.07, 6.45) is 6.14. The van der Waals surface area contributed by atoms with Gasteiger partial charge in [-0.2, -0.15) is 0 Å². The molecular weight excluding hydrogens is 294 g/mol. The van der Waals surface area contributed by atoms with Crippen LogP contribution in [0.15, 0.2) is 18.2 Å². The van der Waals surface area contributed by atoms with Crippen molar-refractivity contribution in [3.63, 3.8) is 0 Å². The number of nitro groups is 1. The van der Waals surface area contributed by atoms with E-state index in [4.69, 9.17) is 5.73 Å². The van der Waals surface area contributed by atoms with Gasteiger partial charge in [0.05, 0.1) is 4.92 Å². The van der Waals surface area contributed by atoms with Crippen molar-refractivity contribution in [3.8, 4) is 0 Å². The van der Waals surface area contributed by atoms with Crippen molar-refractivity contribution >= 4 is 17.3 Å². The molecule has 0 spiro atoms. The molecule has 1 aromatic carbocycles. The maximum Gasteiger partial charge on any atom is 0.293 e. The molecule has 2 unspecified atom stereocenters. The highest BCUT2D eigenvalue weighted by Crippen LogP contribution is 2.49. The van der Waals surface area contributed by atoms with Crippen molar-refractivity contribution in [1.82, 2.24) is 0 Å². The molecule has 2 heterocycles. The lowest BCUT2D eigenvalue weighted by Gasteiger charge is -2.39. The van der Waals surface area contributed by atoms with E-state index in [1.54, 1.807) is 12.1 Å². The molecule has 2 aliphatic carbocycles. The number of anilines is 1. The molecule has 2 N–H and O–H groups in total. The van der Waals surface area contributed by atoms with E-state index in [2.05, 4.69) is 4.90 Å². The molecule has 23 heavy (non-hydrogen) atoms. The predicted octanol–water partition coefficient (Wildman–Crippen LogP) is 2.71. The fraction of sp³-hybridized carbons (Fsp3) is 0.588. The van der Waals surface area contributed by atoms with Crippen molar-refractivity contribution in [1.29, 1.82) is 0 Å². The first-order valence-electron chi connectivity index (χ1n) is 8.36. The highest BCUT2D eigenvalue weighted by Gasteiger charge is 2.43. The number of benzene rings is 1. The Kier molecular flexibility index (Phi) is 3.28. The van der Waals surface area contributed by atoms with E-state index in [1.807, 2.05) is 0 Å². The van der Waals surface area contributed by atoms with E-state index in [9.17, 15) is 14.9 Å². The second-order valence-corrected chi connectivity index (χ2v) is 7.41. The number of hydrogen-bond donors (Lipinski definition) is 1. The SMILES string of the molecule is NC(=O)c1ccc(N2CC3C[C@@H]4CC2C[C@H](C3)C4)c([N+](=O)[O-])c1. The molecule has 0 radical (unpaired) electrons.